The van der Waals surface area contributed by atoms with Gasteiger partial charge in [0, 0.05) is 11.4 Å². The molecule has 0 amide bonds. The Morgan fingerprint density at radius 2 is 2.14 bits per heavy atom. The zero-order chi connectivity index (χ0) is 10.2. The van der Waals surface area contributed by atoms with Crippen LogP contribution in [0.4, 0.5) is 0 Å². The second kappa shape index (κ2) is 6.44. The summed E-state index contributed by atoms with van der Waals surface area (Å²) in [4.78, 5) is 3.93. The van der Waals surface area contributed by atoms with Crippen LogP contribution in [0.25, 0.3) is 0 Å². The Kier molecular flexibility index (Phi) is 5.08. The van der Waals surface area contributed by atoms with Gasteiger partial charge in [-0.05, 0) is 24.1 Å². The van der Waals surface area contributed by atoms with E-state index in [2.05, 4.69) is 48.3 Å². The van der Waals surface area contributed by atoms with Gasteiger partial charge in [0.2, 0.25) is 0 Å². The first-order valence-corrected chi connectivity index (χ1v) is 5.73. The molecule has 0 heterocycles. The van der Waals surface area contributed by atoms with Gasteiger partial charge in [0.15, 0.2) is 0 Å². The molecule has 0 fully saturated rings. The van der Waals surface area contributed by atoms with E-state index in [1.807, 2.05) is 6.07 Å². The van der Waals surface area contributed by atoms with Crippen LogP contribution in [0.2, 0.25) is 0 Å². The summed E-state index contributed by atoms with van der Waals surface area (Å²) < 4.78 is 0. The number of allylic oxidation sites excluding steroid dienone is 1. The SMILES string of the molecule is C=N/C(=C\SCc1ccccc1)CC. The highest BCUT2D eigenvalue weighted by molar-refractivity contribution is 8.01. The van der Waals surface area contributed by atoms with Crippen LogP contribution >= 0.6 is 11.8 Å². The normalized spacial score (nSPS) is 11.4. The van der Waals surface area contributed by atoms with Gasteiger partial charge in [-0.1, -0.05) is 37.3 Å². The number of rotatable bonds is 5. The van der Waals surface area contributed by atoms with Crippen molar-refractivity contribution in [2.24, 2.45) is 4.99 Å². The molecule has 14 heavy (non-hydrogen) atoms. The largest absolute Gasteiger partial charge is 0.269 e. The Hall–Kier alpha value is -1.02. The summed E-state index contributed by atoms with van der Waals surface area (Å²) in [6.45, 7) is 5.61. The Morgan fingerprint density at radius 3 is 2.71 bits per heavy atom. The van der Waals surface area contributed by atoms with Crippen molar-refractivity contribution in [1.29, 1.82) is 0 Å². The predicted molar refractivity (Wildman–Crippen MR) is 65.7 cm³/mol. The van der Waals surface area contributed by atoms with Gasteiger partial charge in [-0.2, -0.15) is 0 Å². The Balaban J connectivity index is 2.42. The van der Waals surface area contributed by atoms with Crippen LogP contribution in [-0.2, 0) is 5.75 Å². The van der Waals surface area contributed by atoms with Crippen LogP contribution in [0, 0.1) is 0 Å². The first-order valence-electron chi connectivity index (χ1n) is 4.68. The molecular weight excluding hydrogens is 190 g/mol. The average molecular weight is 205 g/mol. The molecule has 1 nitrogen and oxygen atoms in total. The first-order chi connectivity index (χ1) is 6.86. The molecule has 0 saturated carbocycles. The predicted octanol–water partition coefficient (Wildman–Crippen LogP) is 3.87. The second-order valence-corrected chi connectivity index (χ2v) is 3.78. The summed E-state index contributed by atoms with van der Waals surface area (Å²) in [5.41, 5.74) is 2.40. The summed E-state index contributed by atoms with van der Waals surface area (Å²) >= 11 is 1.77. The monoisotopic (exact) mass is 205 g/mol. The third kappa shape index (κ3) is 3.79. The molecule has 1 aromatic carbocycles. The highest BCUT2D eigenvalue weighted by Gasteiger charge is 1.91. The quantitative estimate of drug-likeness (QED) is 0.665. The number of benzene rings is 1. The van der Waals surface area contributed by atoms with Gasteiger partial charge >= 0.3 is 0 Å². The molecule has 0 bridgehead atoms. The van der Waals surface area contributed by atoms with Gasteiger partial charge in [-0.15, -0.1) is 11.8 Å². The molecule has 74 valence electrons. The highest BCUT2D eigenvalue weighted by atomic mass is 32.2. The van der Waals surface area contributed by atoms with Gasteiger partial charge in [-0.25, -0.2) is 0 Å². The lowest BCUT2D eigenvalue weighted by Crippen LogP contribution is -1.77. The molecule has 0 saturated heterocycles. The Bertz CT molecular complexity index is 303. The van der Waals surface area contributed by atoms with Crippen LogP contribution in [-0.4, -0.2) is 6.72 Å². The van der Waals surface area contributed by atoms with E-state index in [-0.39, 0.29) is 0 Å². The fourth-order valence-corrected chi connectivity index (χ4v) is 1.94. The van der Waals surface area contributed by atoms with Gasteiger partial charge in [-0.3, -0.25) is 4.99 Å². The number of aliphatic imine (C=N–C) groups is 1. The number of hydrogen-bond donors (Lipinski definition) is 0. The van der Waals surface area contributed by atoms with Crippen molar-refractivity contribution in [3.8, 4) is 0 Å². The van der Waals surface area contributed by atoms with Crippen molar-refractivity contribution in [3.63, 3.8) is 0 Å². The van der Waals surface area contributed by atoms with Gasteiger partial charge in [0.25, 0.3) is 0 Å². The van der Waals surface area contributed by atoms with Crippen molar-refractivity contribution in [1.82, 2.24) is 0 Å². The fourth-order valence-electron chi connectivity index (χ4n) is 1.04. The Labute approximate surface area is 89.9 Å². The summed E-state index contributed by atoms with van der Waals surface area (Å²) in [6, 6.07) is 10.4. The second-order valence-electron chi connectivity index (χ2n) is 2.92. The molecule has 0 aliphatic rings. The van der Waals surface area contributed by atoms with Crippen molar-refractivity contribution in [3.05, 3.63) is 47.0 Å². The molecule has 2 heteroatoms. The molecule has 0 N–H and O–H groups in total. The smallest absolute Gasteiger partial charge is 0.0456 e. The molecular formula is C12H15NS. The maximum absolute atomic E-state index is 3.93. The minimum atomic E-state index is 0.950. The lowest BCUT2D eigenvalue weighted by Gasteiger charge is -1.98. The van der Waals surface area contributed by atoms with E-state index in [9.17, 15) is 0 Å². The summed E-state index contributed by atoms with van der Waals surface area (Å²) in [7, 11) is 0. The minimum absolute atomic E-state index is 0.950. The molecule has 1 rings (SSSR count). The van der Waals surface area contributed by atoms with Gasteiger partial charge in [0.1, 0.15) is 0 Å². The van der Waals surface area contributed by atoms with E-state index in [1.54, 1.807) is 11.8 Å². The summed E-state index contributed by atoms with van der Waals surface area (Å²) in [6.07, 6.45) is 0.950. The maximum atomic E-state index is 3.93. The van der Waals surface area contributed by atoms with E-state index < -0.39 is 0 Å². The summed E-state index contributed by atoms with van der Waals surface area (Å²) in [5.74, 6) is 1.000. The highest BCUT2D eigenvalue weighted by Crippen LogP contribution is 2.16. The van der Waals surface area contributed by atoms with E-state index in [1.165, 1.54) is 5.56 Å². The zero-order valence-electron chi connectivity index (χ0n) is 8.44. The van der Waals surface area contributed by atoms with Crippen LogP contribution < -0.4 is 0 Å². The molecule has 0 aromatic heterocycles. The van der Waals surface area contributed by atoms with Crippen molar-refractivity contribution in [2.75, 3.05) is 0 Å². The van der Waals surface area contributed by atoms with E-state index in [0.29, 0.717) is 0 Å². The van der Waals surface area contributed by atoms with Crippen molar-refractivity contribution >= 4 is 18.5 Å². The molecule has 0 aliphatic heterocycles. The molecule has 0 aliphatic carbocycles. The van der Waals surface area contributed by atoms with E-state index in [0.717, 1.165) is 17.9 Å². The third-order valence-corrected chi connectivity index (χ3v) is 2.82. The fraction of sp³-hybridized carbons (Fsp3) is 0.250. The van der Waals surface area contributed by atoms with E-state index in [4.69, 9.17) is 0 Å². The number of thioether (sulfide) groups is 1. The van der Waals surface area contributed by atoms with Crippen LogP contribution in [0.15, 0.2) is 46.4 Å². The molecule has 0 spiro atoms. The molecule has 0 radical (unpaired) electrons. The van der Waals surface area contributed by atoms with Crippen molar-refractivity contribution < 1.29 is 0 Å². The topological polar surface area (TPSA) is 12.4 Å². The van der Waals surface area contributed by atoms with Crippen LogP contribution in [0.5, 0.6) is 0 Å². The van der Waals surface area contributed by atoms with Crippen LogP contribution in [0.1, 0.15) is 18.9 Å². The van der Waals surface area contributed by atoms with Gasteiger partial charge < -0.3 is 0 Å². The number of nitrogens with zero attached hydrogens (tertiary/aromatic N) is 1. The lowest BCUT2D eigenvalue weighted by molar-refractivity contribution is 1.08. The maximum Gasteiger partial charge on any atom is 0.0456 e. The standard InChI is InChI=1S/C12H15NS/c1-3-12(13-2)10-14-9-11-7-5-4-6-8-11/h4-8,10H,2-3,9H2,1H3/b12-10-. The minimum Gasteiger partial charge on any atom is -0.269 e. The first kappa shape index (κ1) is 11.1. The lowest BCUT2D eigenvalue weighted by atomic mass is 10.2. The average Bonchev–Trinajstić information content (AvgIpc) is 2.26. The van der Waals surface area contributed by atoms with Crippen LogP contribution in [0.3, 0.4) is 0 Å². The summed E-state index contributed by atoms with van der Waals surface area (Å²) in [5, 5.41) is 2.08. The number of hydrogen-bond acceptors (Lipinski definition) is 2. The Morgan fingerprint density at radius 1 is 1.43 bits per heavy atom. The van der Waals surface area contributed by atoms with Gasteiger partial charge in [0.05, 0.1) is 0 Å². The molecule has 1 aromatic rings. The zero-order valence-corrected chi connectivity index (χ0v) is 9.26. The molecule has 0 unspecified atom stereocenters. The van der Waals surface area contributed by atoms with E-state index >= 15 is 0 Å². The third-order valence-electron chi connectivity index (χ3n) is 1.88. The van der Waals surface area contributed by atoms with Crippen molar-refractivity contribution in [2.45, 2.75) is 19.1 Å². The molecule has 0 atom stereocenters.